The summed E-state index contributed by atoms with van der Waals surface area (Å²) >= 11 is 0. The Bertz CT molecular complexity index is 437. The predicted molar refractivity (Wildman–Crippen MR) is 53.7 cm³/mol. The van der Waals surface area contributed by atoms with Crippen molar-refractivity contribution in [3.63, 3.8) is 0 Å². The summed E-state index contributed by atoms with van der Waals surface area (Å²) in [5, 5.41) is 11.4. The second-order valence-corrected chi connectivity index (χ2v) is 3.30. The number of esters is 1. The molecule has 0 N–H and O–H groups in total. The van der Waals surface area contributed by atoms with Crippen molar-refractivity contribution in [1.82, 2.24) is 0 Å². The van der Waals surface area contributed by atoms with Gasteiger partial charge in [0.25, 0.3) is 0 Å². The van der Waals surface area contributed by atoms with Crippen molar-refractivity contribution >= 4 is 12.0 Å². The number of hydrogen-bond acceptors (Lipinski definition) is 3. The lowest BCUT2D eigenvalue weighted by atomic mass is 10.2. The van der Waals surface area contributed by atoms with E-state index in [0.717, 1.165) is 10.3 Å². The van der Waals surface area contributed by atoms with Gasteiger partial charge in [0.05, 0.1) is 13.0 Å². The van der Waals surface area contributed by atoms with E-state index in [4.69, 9.17) is 4.74 Å². The van der Waals surface area contributed by atoms with Crippen molar-refractivity contribution in [3.05, 3.63) is 40.4 Å². The first kappa shape index (κ1) is 9.71. The van der Waals surface area contributed by atoms with E-state index >= 15 is 0 Å². The lowest BCUT2D eigenvalue weighted by Gasteiger charge is -2.02. The Morgan fingerprint density at radius 1 is 1.67 bits per heavy atom. The minimum Gasteiger partial charge on any atom is -0.618 e. The molecule has 0 saturated heterocycles. The molecule has 0 aliphatic heterocycles. The molecule has 1 heterocycles. The summed E-state index contributed by atoms with van der Waals surface area (Å²) in [6.07, 6.45) is 3.50. The minimum atomic E-state index is -0.339. The number of aromatic nitrogens is 1. The first-order valence-corrected chi connectivity index (χ1v) is 4.81. The number of pyridine rings is 1. The van der Waals surface area contributed by atoms with Crippen LogP contribution in [0.25, 0.3) is 6.08 Å². The average molecular weight is 205 g/mol. The van der Waals surface area contributed by atoms with Crippen LogP contribution >= 0.6 is 0 Å². The Labute approximate surface area is 87.4 Å². The van der Waals surface area contributed by atoms with Gasteiger partial charge in [-0.2, -0.15) is 4.73 Å². The molecule has 0 aromatic carbocycles. The molecule has 1 aliphatic rings. The summed E-state index contributed by atoms with van der Waals surface area (Å²) in [7, 11) is 0. The predicted octanol–water partition coefficient (Wildman–Crippen LogP) is 0.823. The summed E-state index contributed by atoms with van der Waals surface area (Å²) in [6, 6.07) is 3.48. The quantitative estimate of drug-likeness (QED) is 0.408. The maximum atomic E-state index is 11.4. The molecule has 0 bridgehead atoms. The molecule has 4 nitrogen and oxygen atoms in total. The molecule has 0 fully saturated rings. The highest BCUT2D eigenvalue weighted by Gasteiger charge is 2.25. The highest BCUT2D eigenvalue weighted by atomic mass is 16.5. The molecule has 1 aromatic rings. The van der Waals surface area contributed by atoms with Crippen molar-refractivity contribution in [2.45, 2.75) is 13.3 Å². The highest BCUT2D eigenvalue weighted by Crippen LogP contribution is 2.22. The van der Waals surface area contributed by atoms with E-state index in [1.54, 1.807) is 19.1 Å². The van der Waals surface area contributed by atoms with Crippen LogP contribution in [0.5, 0.6) is 0 Å². The molecule has 15 heavy (non-hydrogen) atoms. The van der Waals surface area contributed by atoms with E-state index in [1.807, 2.05) is 6.07 Å². The third-order valence-electron chi connectivity index (χ3n) is 2.32. The van der Waals surface area contributed by atoms with E-state index < -0.39 is 0 Å². The van der Waals surface area contributed by atoms with Crippen molar-refractivity contribution in [2.24, 2.45) is 0 Å². The van der Waals surface area contributed by atoms with Gasteiger partial charge in [-0.25, -0.2) is 4.79 Å². The Hall–Kier alpha value is -1.84. The molecular formula is C11H11NO3. The monoisotopic (exact) mass is 205 g/mol. The highest BCUT2D eigenvalue weighted by molar-refractivity contribution is 5.96. The zero-order valence-corrected chi connectivity index (χ0v) is 8.40. The number of carbonyl (C=O) groups is 1. The maximum absolute atomic E-state index is 11.4. The molecule has 0 atom stereocenters. The van der Waals surface area contributed by atoms with Crippen molar-refractivity contribution in [2.75, 3.05) is 6.61 Å². The van der Waals surface area contributed by atoms with Crippen LogP contribution in [0.2, 0.25) is 0 Å². The van der Waals surface area contributed by atoms with Gasteiger partial charge in [-0.15, -0.1) is 0 Å². The number of ether oxygens (including phenoxy) is 1. The van der Waals surface area contributed by atoms with Crippen LogP contribution in [0, 0.1) is 5.21 Å². The van der Waals surface area contributed by atoms with Crippen LogP contribution in [0.3, 0.4) is 0 Å². The van der Waals surface area contributed by atoms with Crippen LogP contribution in [0.4, 0.5) is 0 Å². The molecule has 0 radical (unpaired) electrons. The number of rotatable bonds is 2. The first-order chi connectivity index (χ1) is 7.22. The fourth-order valence-electron chi connectivity index (χ4n) is 1.62. The van der Waals surface area contributed by atoms with Crippen LogP contribution < -0.4 is 4.73 Å². The van der Waals surface area contributed by atoms with Crippen molar-refractivity contribution < 1.29 is 14.3 Å². The molecule has 1 aliphatic carbocycles. The number of nitrogens with zero attached hydrogens (tertiary/aromatic N) is 1. The Morgan fingerprint density at radius 3 is 3.13 bits per heavy atom. The number of hydrogen-bond donors (Lipinski definition) is 0. The third-order valence-corrected chi connectivity index (χ3v) is 2.32. The summed E-state index contributed by atoms with van der Waals surface area (Å²) < 4.78 is 5.67. The van der Waals surface area contributed by atoms with Gasteiger partial charge in [-0.1, -0.05) is 0 Å². The molecule has 0 unspecified atom stereocenters. The summed E-state index contributed by atoms with van der Waals surface area (Å²) in [5.74, 6) is -0.339. The lowest BCUT2D eigenvalue weighted by molar-refractivity contribution is -0.613. The molecule has 0 amide bonds. The standard InChI is InChI=1S/C11H11NO3/c1-2-15-11(13)9-6-8-4-3-5-12(14)10(8)7-9/h3-6H,2,7H2,1H3. The third kappa shape index (κ3) is 1.70. The van der Waals surface area contributed by atoms with Gasteiger partial charge in [0.1, 0.15) is 0 Å². The Morgan fingerprint density at radius 2 is 2.47 bits per heavy atom. The van der Waals surface area contributed by atoms with Gasteiger partial charge >= 0.3 is 5.97 Å². The van der Waals surface area contributed by atoms with Crippen LogP contribution in [-0.2, 0) is 16.0 Å². The fourth-order valence-corrected chi connectivity index (χ4v) is 1.62. The smallest absolute Gasteiger partial charge is 0.334 e. The molecule has 2 rings (SSSR count). The molecule has 0 spiro atoms. The maximum Gasteiger partial charge on any atom is 0.334 e. The summed E-state index contributed by atoms with van der Waals surface area (Å²) in [6.45, 7) is 2.11. The largest absolute Gasteiger partial charge is 0.618 e. The normalized spacial score (nSPS) is 13.3. The van der Waals surface area contributed by atoms with Gasteiger partial charge in [-0.3, -0.25) is 0 Å². The van der Waals surface area contributed by atoms with Gasteiger partial charge < -0.3 is 9.94 Å². The van der Waals surface area contributed by atoms with E-state index in [2.05, 4.69) is 0 Å². The molecule has 78 valence electrons. The lowest BCUT2D eigenvalue weighted by Crippen LogP contribution is -2.31. The van der Waals surface area contributed by atoms with E-state index in [-0.39, 0.29) is 5.97 Å². The van der Waals surface area contributed by atoms with Crippen LogP contribution in [0.15, 0.2) is 23.9 Å². The summed E-state index contributed by atoms with van der Waals surface area (Å²) in [5.41, 5.74) is 1.96. The van der Waals surface area contributed by atoms with Crippen molar-refractivity contribution in [3.8, 4) is 0 Å². The van der Waals surface area contributed by atoms with Crippen molar-refractivity contribution in [1.29, 1.82) is 0 Å². The zero-order valence-electron chi connectivity index (χ0n) is 8.40. The molecular weight excluding hydrogens is 194 g/mol. The van der Waals surface area contributed by atoms with E-state index in [9.17, 15) is 10.0 Å². The SMILES string of the molecule is CCOC(=O)C1=Cc2ccc[n+]([O-])c2C1. The van der Waals surface area contributed by atoms with Crippen LogP contribution in [0.1, 0.15) is 18.2 Å². The van der Waals surface area contributed by atoms with Crippen LogP contribution in [-0.4, -0.2) is 12.6 Å². The fraction of sp³-hybridized carbons (Fsp3) is 0.273. The molecule has 4 heteroatoms. The van der Waals surface area contributed by atoms with Gasteiger partial charge in [-0.05, 0) is 19.1 Å². The number of carbonyl (C=O) groups excluding carboxylic acids is 1. The Balaban J connectivity index is 2.25. The topological polar surface area (TPSA) is 53.2 Å². The first-order valence-electron chi connectivity index (χ1n) is 4.81. The average Bonchev–Trinajstić information content (AvgIpc) is 2.63. The van der Waals surface area contributed by atoms with Gasteiger partial charge in [0.2, 0.25) is 5.69 Å². The second-order valence-electron chi connectivity index (χ2n) is 3.30. The zero-order chi connectivity index (χ0) is 10.8. The van der Waals surface area contributed by atoms with E-state index in [1.165, 1.54) is 6.20 Å². The molecule has 1 aromatic heterocycles. The van der Waals surface area contributed by atoms with Gasteiger partial charge in [0, 0.05) is 17.2 Å². The van der Waals surface area contributed by atoms with E-state index in [0.29, 0.717) is 24.3 Å². The molecule has 0 saturated carbocycles. The number of fused-ring (bicyclic) bond motifs is 1. The summed E-state index contributed by atoms with van der Waals surface area (Å²) in [4.78, 5) is 11.4. The minimum absolute atomic E-state index is 0.339. The Kier molecular flexibility index (Phi) is 2.41. The van der Waals surface area contributed by atoms with Gasteiger partial charge in [0.15, 0.2) is 6.20 Å². The second kappa shape index (κ2) is 3.73.